The summed E-state index contributed by atoms with van der Waals surface area (Å²) in [5.41, 5.74) is 6.56. The number of alkyl carbamates (subject to hydrolysis) is 1. The van der Waals surface area contributed by atoms with Crippen molar-refractivity contribution in [2.24, 2.45) is 22.7 Å². The van der Waals surface area contributed by atoms with Crippen LogP contribution in [0.1, 0.15) is 81.1 Å². The average Bonchev–Trinajstić information content (AvgIpc) is 2.74. The number of ether oxygens (including phenoxy) is 1. The first-order chi connectivity index (χ1) is 17.5. The minimum Gasteiger partial charge on any atom is -0.444 e. The highest BCUT2D eigenvalue weighted by Crippen LogP contribution is 2.10. The van der Waals surface area contributed by atoms with E-state index >= 15 is 0 Å². The molecule has 6 amide bonds. The Morgan fingerprint density at radius 1 is 0.947 bits per heavy atom. The smallest absolute Gasteiger partial charge is 0.407 e. The van der Waals surface area contributed by atoms with Gasteiger partial charge in [-0.05, 0) is 58.3 Å². The van der Waals surface area contributed by atoms with Crippen molar-refractivity contribution >= 4 is 36.1 Å². The van der Waals surface area contributed by atoms with Crippen molar-refractivity contribution in [3.8, 4) is 0 Å². The lowest BCUT2D eigenvalue weighted by Gasteiger charge is -2.27. The monoisotopic (exact) mass is 541 g/mol. The summed E-state index contributed by atoms with van der Waals surface area (Å²) in [6.07, 6.45) is 2.84. The summed E-state index contributed by atoms with van der Waals surface area (Å²) in [5, 5.41) is 14.7. The predicted molar refractivity (Wildman–Crippen MR) is 145 cm³/mol. The summed E-state index contributed by atoms with van der Waals surface area (Å²) >= 11 is 0. The number of rotatable bonds is 15. The van der Waals surface area contributed by atoms with E-state index in [1.165, 1.54) is 13.1 Å². The van der Waals surface area contributed by atoms with Gasteiger partial charge in [0, 0.05) is 19.7 Å². The lowest BCUT2D eigenvalue weighted by Crippen LogP contribution is -2.56. The van der Waals surface area contributed by atoms with E-state index in [0.717, 1.165) is 0 Å². The number of nitrogens with zero attached hydrogens (tertiary/aromatic N) is 1. The van der Waals surface area contributed by atoms with Gasteiger partial charge in [0.1, 0.15) is 17.7 Å². The fourth-order valence-corrected chi connectivity index (χ4v) is 3.37. The standard InChI is InChI=1S/C25H47N7O6/c1-15(2)13-19(31-22(35)20(16(3)4)29-17(5)33)21(34)30-18(14-28-32-23(26)36)11-9-10-12-27-24(37)38-25(6,7)8/h14-16,18-20H,9-13H2,1-8H3,(H,27,37)(H,29,33)(H,30,34)(H,31,35)(H3,26,32,36)/b28-14+/t18-,19-,20-/m0/s1. The molecule has 3 atom stereocenters. The average molecular weight is 542 g/mol. The second-order valence-electron chi connectivity index (χ2n) is 10.9. The number of nitrogens with one attached hydrogen (secondary N) is 5. The molecule has 0 saturated carbocycles. The Bertz CT molecular complexity index is 824. The lowest BCUT2D eigenvalue weighted by molar-refractivity contribution is -0.133. The molecule has 13 heteroatoms. The highest BCUT2D eigenvalue weighted by molar-refractivity contribution is 5.92. The second-order valence-corrected chi connectivity index (χ2v) is 10.9. The van der Waals surface area contributed by atoms with Crippen molar-refractivity contribution in [1.29, 1.82) is 0 Å². The van der Waals surface area contributed by atoms with Crippen LogP contribution >= 0.6 is 0 Å². The second kappa shape index (κ2) is 17.2. The third-order valence-electron chi connectivity index (χ3n) is 5.01. The summed E-state index contributed by atoms with van der Waals surface area (Å²) in [7, 11) is 0. The SMILES string of the molecule is CC(=O)N[C@H](C(=O)N[C@@H](CC(C)C)C(=O)N[C@H](/C=N/NC(N)=O)CCCCNC(=O)OC(C)(C)C)C(C)C. The summed E-state index contributed by atoms with van der Waals surface area (Å²) in [6.45, 7) is 14.5. The number of hydrogen-bond acceptors (Lipinski definition) is 7. The normalized spacial score (nSPS) is 13.9. The van der Waals surface area contributed by atoms with E-state index in [0.29, 0.717) is 32.2 Å². The molecule has 0 fully saturated rings. The van der Waals surface area contributed by atoms with Gasteiger partial charge in [0.05, 0.1) is 6.04 Å². The molecule has 0 bridgehead atoms. The quantitative estimate of drug-likeness (QED) is 0.103. The molecular weight excluding hydrogens is 494 g/mol. The van der Waals surface area contributed by atoms with Crippen molar-refractivity contribution in [3.63, 3.8) is 0 Å². The van der Waals surface area contributed by atoms with E-state index in [2.05, 4.69) is 31.8 Å². The Kier molecular flexibility index (Phi) is 15.7. The van der Waals surface area contributed by atoms with Gasteiger partial charge < -0.3 is 31.7 Å². The van der Waals surface area contributed by atoms with Crippen LogP contribution in [-0.4, -0.2) is 66.3 Å². The molecule has 7 N–H and O–H groups in total. The fourth-order valence-electron chi connectivity index (χ4n) is 3.37. The third-order valence-corrected chi connectivity index (χ3v) is 5.01. The predicted octanol–water partition coefficient (Wildman–Crippen LogP) is 1.51. The minimum atomic E-state index is -0.855. The largest absolute Gasteiger partial charge is 0.444 e. The maximum Gasteiger partial charge on any atom is 0.407 e. The highest BCUT2D eigenvalue weighted by atomic mass is 16.6. The van der Waals surface area contributed by atoms with Gasteiger partial charge in [-0.15, -0.1) is 0 Å². The first-order valence-corrected chi connectivity index (χ1v) is 12.9. The van der Waals surface area contributed by atoms with Crippen LogP contribution in [-0.2, 0) is 19.1 Å². The Hall–Kier alpha value is -3.38. The van der Waals surface area contributed by atoms with Crippen LogP contribution < -0.4 is 32.4 Å². The number of unbranched alkanes of at least 4 members (excludes halogenated alkanes) is 1. The molecule has 0 spiro atoms. The molecule has 0 aliphatic rings. The topological polar surface area (TPSA) is 193 Å². The maximum absolute atomic E-state index is 13.2. The fraction of sp³-hybridized carbons (Fsp3) is 0.760. The van der Waals surface area contributed by atoms with Gasteiger partial charge in [-0.25, -0.2) is 15.0 Å². The molecule has 38 heavy (non-hydrogen) atoms. The van der Waals surface area contributed by atoms with E-state index in [4.69, 9.17) is 10.5 Å². The molecule has 0 aromatic heterocycles. The van der Waals surface area contributed by atoms with E-state index in [9.17, 15) is 24.0 Å². The summed E-state index contributed by atoms with van der Waals surface area (Å²) in [6, 6.07) is -3.08. The molecule has 0 radical (unpaired) electrons. The summed E-state index contributed by atoms with van der Waals surface area (Å²) in [4.78, 5) is 60.4. The van der Waals surface area contributed by atoms with Gasteiger partial charge in [-0.1, -0.05) is 27.7 Å². The van der Waals surface area contributed by atoms with Crippen molar-refractivity contribution in [2.45, 2.75) is 105 Å². The van der Waals surface area contributed by atoms with Crippen LogP contribution in [0.15, 0.2) is 5.10 Å². The number of carbonyl (C=O) groups excluding carboxylic acids is 5. The Balaban J connectivity index is 5.28. The number of nitrogens with two attached hydrogens (primary N) is 1. The van der Waals surface area contributed by atoms with Gasteiger partial charge in [0.25, 0.3) is 0 Å². The molecular formula is C25H47N7O6. The number of hydrazone groups is 1. The number of amides is 6. The lowest BCUT2D eigenvalue weighted by atomic mass is 9.99. The van der Waals surface area contributed by atoms with Crippen molar-refractivity contribution < 1.29 is 28.7 Å². The molecule has 218 valence electrons. The van der Waals surface area contributed by atoms with E-state index in [1.807, 2.05) is 13.8 Å². The highest BCUT2D eigenvalue weighted by Gasteiger charge is 2.29. The number of hydrogen-bond donors (Lipinski definition) is 6. The van der Waals surface area contributed by atoms with Crippen molar-refractivity contribution in [1.82, 2.24) is 26.7 Å². The van der Waals surface area contributed by atoms with Crippen molar-refractivity contribution in [2.75, 3.05) is 6.54 Å². The maximum atomic E-state index is 13.2. The van der Waals surface area contributed by atoms with Gasteiger partial charge in [-0.3, -0.25) is 14.4 Å². The first-order valence-electron chi connectivity index (χ1n) is 12.9. The van der Waals surface area contributed by atoms with Crippen LogP contribution in [0, 0.1) is 11.8 Å². The Morgan fingerprint density at radius 3 is 2.08 bits per heavy atom. The van der Waals surface area contributed by atoms with Crippen LogP contribution in [0.3, 0.4) is 0 Å². The number of primary amides is 1. The van der Waals surface area contributed by atoms with Crippen molar-refractivity contribution in [3.05, 3.63) is 0 Å². The zero-order valence-corrected chi connectivity index (χ0v) is 24.0. The zero-order valence-electron chi connectivity index (χ0n) is 24.0. The van der Waals surface area contributed by atoms with Gasteiger partial charge >= 0.3 is 12.1 Å². The van der Waals surface area contributed by atoms with E-state index in [1.54, 1.807) is 34.6 Å². The van der Waals surface area contributed by atoms with Gasteiger partial charge in [0.15, 0.2) is 0 Å². The first kappa shape index (κ1) is 34.6. The zero-order chi connectivity index (χ0) is 29.5. The van der Waals surface area contributed by atoms with Crippen LogP contribution in [0.5, 0.6) is 0 Å². The number of carbonyl (C=O) groups is 5. The third kappa shape index (κ3) is 17.1. The Labute approximate surface area is 225 Å². The van der Waals surface area contributed by atoms with Gasteiger partial charge in [0.2, 0.25) is 17.7 Å². The summed E-state index contributed by atoms with van der Waals surface area (Å²) < 4.78 is 5.20. The molecule has 0 saturated heterocycles. The molecule has 0 aliphatic heterocycles. The molecule has 0 heterocycles. The van der Waals surface area contributed by atoms with Crippen LogP contribution in [0.25, 0.3) is 0 Å². The molecule has 0 aromatic rings. The molecule has 0 aromatic carbocycles. The molecule has 0 unspecified atom stereocenters. The van der Waals surface area contributed by atoms with Gasteiger partial charge in [-0.2, -0.15) is 5.10 Å². The minimum absolute atomic E-state index is 0.0897. The molecule has 0 aliphatic carbocycles. The summed E-state index contributed by atoms with van der Waals surface area (Å²) in [5.74, 6) is -1.32. The van der Waals surface area contributed by atoms with Crippen LogP contribution in [0.4, 0.5) is 9.59 Å². The van der Waals surface area contributed by atoms with E-state index < -0.39 is 47.7 Å². The molecule has 13 nitrogen and oxygen atoms in total. The number of urea groups is 1. The molecule has 0 rings (SSSR count). The van der Waals surface area contributed by atoms with E-state index in [-0.39, 0.29) is 17.7 Å². The van der Waals surface area contributed by atoms with Crippen LogP contribution in [0.2, 0.25) is 0 Å². The Morgan fingerprint density at radius 2 is 1.58 bits per heavy atom.